The fraction of sp³-hybridized carbons (Fsp3) is 0.692. The van der Waals surface area contributed by atoms with Gasteiger partial charge in [0, 0.05) is 0 Å². The first-order valence-corrected chi connectivity index (χ1v) is 12.3. The molecule has 0 atom stereocenters. The van der Waals surface area contributed by atoms with Crippen molar-refractivity contribution in [2.75, 3.05) is 0 Å². The summed E-state index contributed by atoms with van der Waals surface area (Å²) in [5.74, 6) is 0. The van der Waals surface area contributed by atoms with Crippen LogP contribution in [-0.2, 0) is 20.8 Å². The van der Waals surface area contributed by atoms with Gasteiger partial charge in [-0.2, -0.15) is 0 Å². The van der Waals surface area contributed by atoms with Crippen molar-refractivity contribution in [3.8, 4) is 0 Å². The molecule has 0 aromatic rings. The van der Waals surface area contributed by atoms with E-state index >= 15 is 0 Å². The third kappa shape index (κ3) is 19.8. The molecule has 1 aliphatic heterocycles. The monoisotopic (exact) mass is 354 g/mol. The van der Waals surface area contributed by atoms with Crippen LogP contribution >= 0.6 is 17.0 Å². The predicted octanol–water partition coefficient (Wildman–Crippen LogP) is 6.30. The Labute approximate surface area is 129 Å². The Balaban J connectivity index is -0.000000176. The molecule has 4 heteroatoms. The second-order valence-corrected chi connectivity index (χ2v) is 7.95. The Morgan fingerprint density at radius 1 is 0.882 bits per heavy atom. The summed E-state index contributed by atoms with van der Waals surface area (Å²) < 4.78 is 0. The number of rotatable bonds is 0. The molecule has 2 aliphatic rings. The first kappa shape index (κ1) is 23.4. The van der Waals surface area contributed by atoms with Crippen LogP contribution in [0.4, 0.5) is 0 Å². The van der Waals surface area contributed by atoms with Crippen molar-refractivity contribution in [1.29, 1.82) is 0 Å². The molecule has 0 bridgehead atoms. The fourth-order valence-corrected chi connectivity index (χ4v) is 1.90. The Kier molecular flexibility index (Phi) is 26.9. The van der Waals surface area contributed by atoms with E-state index in [1.807, 2.05) is 0 Å². The van der Waals surface area contributed by atoms with E-state index in [9.17, 15) is 0 Å². The first-order valence-electron chi connectivity index (χ1n) is 5.92. The summed E-state index contributed by atoms with van der Waals surface area (Å²) in [5.41, 5.74) is 0. The normalized spacial score (nSPS) is 16.1. The molecule has 0 unspecified atom stereocenters. The molecule has 0 saturated carbocycles. The van der Waals surface area contributed by atoms with Gasteiger partial charge in [-0.3, -0.25) is 0 Å². The van der Waals surface area contributed by atoms with E-state index in [1.165, 1.54) is 51.2 Å². The topological polar surface area (TPSA) is 0 Å². The molecule has 100 valence electrons. The summed E-state index contributed by atoms with van der Waals surface area (Å²) in [4.78, 5) is 0. The van der Waals surface area contributed by atoms with Gasteiger partial charge in [0.25, 0.3) is 0 Å². The minimum atomic E-state index is -0.826. The van der Waals surface area contributed by atoms with E-state index in [4.69, 9.17) is 17.0 Å². The summed E-state index contributed by atoms with van der Waals surface area (Å²) >= 11 is -0.826. The summed E-state index contributed by atoms with van der Waals surface area (Å²) in [6.45, 7) is 3.40. The van der Waals surface area contributed by atoms with Gasteiger partial charge in [-0.1, -0.05) is 50.9 Å². The van der Waals surface area contributed by atoms with Crippen LogP contribution < -0.4 is 0 Å². The number of hydrogen-bond donors (Lipinski definition) is 0. The molecular weight excluding hydrogens is 329 g/mol. The van der Waals surface area contributed by atoms with Crippen LogP contribution in [0.1, 0.15) is 38.5 Å². The molecule has 1 saturated heterocycles. The molecule has 1 fully saturated rings. The van der Waals surface area contributed by atoms with Gasteiger partial charge in [0.2, 0.25) is 0 Å². The third-order valence-electron chi connectivity index (χ3n) is 2.80. The Morgan fingerprint density at radius 2 is 1.29 bits per heavy atom. The van der Waals surface area contributed by atoms with Crippen LogP contribution in [0.15, 0.2) is 12.2 Å². The minimum absolute atomic E-state index is 0. The molecule has 0 radical (unpaired) electrons. The standard InChI is InChI=1S/C6H13B.C5H8.2CH3.2ClH.Zr/c1-7-5-3-2-4-6-7;1-2-4-5-3-1;;;;;/h2-6H2,1H3;1-2H,3-5H2;2*1H3;2*1H;/q;;2*-1;;;+4/p-2. The van der Waals surface area contributed by atoms with Gasteiger partial charge >= 0.3 is 37.9 Å². The molecule has 0 aromatic carbocycles. The van der Waals surface area contributed by atoms with Crippen molar-refractivity contribution in [3.63, 3.8) is 0 Å². The van der Waals surface area contributed by atoms with Crippen molar-refractivity contribution in [1.82, 2.24) is 0 Å². The Morgan fingerprint density at radius 3 is 1.47 bits per heavy atom. The second kappa shape index (κ2) is 19.6. The molecular formula is C13H27BCl2Zr. The molecule has 0 aromatic heterocycles. The molecule has 0 amide bonds. The van der Waals surface area contributed by atoms with Gasteiger partial charge < -0.3 is 14.9 Å². The van der Waals surface area contributed by atoms with E-state index < -0.39 is 20.8 Å². The average molecular weight is 356 g/mol. The maximum absolute atomic E-state index is 4.93. The Hall–Kier alpha value is 1.27. The molecule has 2 rings (SSSR count). The molecule has 1 heterocycles. The summed E-state index contributed by atoms with van der Waals surface area (Å²) in [6.07, 6.45) is 15.9. The zero-order chi connectivity index (χ0) is 11.4. The van der Waals surface area contributed by atoms with E-state index in [0.29, 0.717) is 0 Å². The van der Waals surface area contributed by atoms with E-state index in [1.54, 1.807) is 0 Å². The molecule has 1 aliphatic carbocycles. The fourth-order valence-electron chi connectivity index (χ4n) is 1.90. The van der Waals surface area contributed by atoms with Gasteiger partial charge in [-0.15, -0.1) is 0 Å². The van der Waals surface area contributed by atoms with Crippen LogP contribution in [0.3, 0.4) is 0 Å². The van der Waals surface area contributed by atoms with Crippen LogP contribution in [-0.4, -0.2) is 6.71 Å². The maximum atomic E-state index is 4.93. The number of hydrogen-bond acceptors (Lipinski definition) is 0. The van der Waals surface area contributed by atoms with Gasteiger partial charge in [0.15, 0.2) is 0 Å². The number of halogens is 2. The molecule has 0 N–H and O–H groups in total. The zero-order valence-corrected chi connectivity index (χ0v) is 15.6. The third-order valence-corrected chi connectivity index (χ3v) is 2.80. The SMILES string of the molecule is C1=CCCC1.CB1CCCCC1.[CH3-].[CH3-].[Cl][Zr+2][Cl]. The summed E-state index contributed by atoms with van der Waals surface area (Å²) in [7, 11) is 9.87. The van der Waals surface area contributed by atoms with Crippen molar-refractivity contribution in [3.05, 3.63) is 27.0 Å². The quantitative estimate of drug-likeness (QED) is 0.271. The Bertz CT molecular complexity index is 142. The average Bonchev–Trinajstić information content (AvgIpc) is 2.78. The summed E-state index contributed by atoms with van der Waals surface area (Å²) in [6, 6.07) is 0. The van der Waals surface area contributed by atoms with E-state index in [0.717, 1.165) is 6.71 Å². The van der Waals surface area contributed by atoms with Gasteiger partial charge in [-0.05, 0) is 19.3 Å². The van der Waals surface area contributed by atoms with Gasteiger partial charge in [0.1, 0.15) is 6.71 Å². The first-order chi connectivity index (χ1) is 7.31. The van der Waals surface area contributed by atoms with Crippen molar-refractivity contribution in [2.24, 2.45) is 0 Å². The summed E-state index contributed by atoms with van der Waals surface area (Å²) in [5, 5.41) is 0. The van der Waals surface area contributed by atoms with Crippen LogP contribution in [0.5, 0.6) is 0 Å². The second-order valence-electron chi connectivity index (χ2n) is 4.22. The predicted molar refractivity (Wildman–Crippen MR) is 82.6 cm³/mol. The van der Waals surface area contributed by atoms with Crippen LogP contribution in [0, 0.1) is 14.9 Å². The van der Waals surface area contributed by atoms with Crippen LogP contribution in [0.25, 0.3) is 0 Å². The van der Waals surface area contributed by atoms with E-state index in [-0.39, 0.29) is 14.9 Å². The molecule has 0 spiro atoms. The number of allylic oxidation sites excluding steroid dienone is 2. The zero-order valence-electron chi connectivity index (χ0n) is 11.6. The van der Waals surface area contributed by atoms with Crippen molar-refractivity contribution >= 4 is 23.7 Å². The van der Waals surface area contributed by atoms with E-state index in [2.05, 4.69) is 19.0 Å². The van der Waals surface area contributed by atoms with Crippen LogP contribution in [0.2, 0.25) is 19.5 Å². The van der Waals surface area contributed by atoms with Gasteiger partial charge in [0.05, 0.1) is 0 Å². The van der Waals surface area contributed by atoms with Crippen molar-refractivity contribution in [2.45, 2.75) is 58.0 Å². The van der Waals surface area contributed by atoms with Gasteiger partial charge in [-0.25, -0.2) is 0 Å². The molecule has 17 heavy (non-hydrogen) atoms. The molecule has 0 nitrogen and oxygen atoms in total. The van der Waals surface area contributed by atoms with Crippen molar-refractivity contribution < 1.29 is 20.8 Å².